The number of carboxylic acids is 1. The lowest BCUT2D eigenvalue weighted by Crippen LogP contribution is -2.20. The summed E-state index contributed by atoms with van der Waals surface area (Å²) in [4.78, 5) is 10.1. The van der Waals surface area contributed by atoms with Crippen molar-refractivity contribution in [2.45, 2.75) is 18.9 Å². The first kappa shape index (κ1) is 14.4. The molecule has 1 N–H and O–H groups in total. The average Bonchev–Trinajstić information content (AvgIpc) is 2.11. The van der Waals surface area contributed by atoms with Crippen molar-refractivity contribution in [1.29, 1.82) is 0 Å². The summed E-state index contributed by atoms with van der Waals surface area (Å²) in [7, 11) is 0. The summed E-state index contributed by atoms with van der Waals surface area (Å²) in [5.41, 5.74) is 0. The highest BCUT2D eigenvalue weighted by molar-refractivity contribution is 5.68. The number of carboxylic acid groups (broad SMARTS) is 1. The van der Waals surface area contributed by atoms with Crippen molar-refractivity contribution in [2.75, 3.05) is 0 Å². The number of halogens is 3. The Kier molecular flexibility index (Phi) is 6.17. The van der Waals surface area contributed by atoms with Crippen LogP contribution in [0.15, 0.2) is 37.0 Å². The Morgan fingerprint density at radius 1 is 1.44 bits per heavy atom. The van der Waals surface area contributed by atoms with E-state index in [4.69, 9.17) is 5.11 Å². The van der Waals surface area contributed by atoms with Gasteiger partial charge in [-0.25, -0.2) is 0 Å². The number of rotatable bonds is 6. The van der Waals surface area contributed by atoms with E-state index in [9.17, 15) is 18.0 Å². The second-order valence-electron chi connectivity index (χ2n) is 2.67. The third-order valence-electron chi connectivity index (χ3n) is 1.32. The van der Waals surface area contributed by atoms with Crippen molar-refractivity contribution in [3.05, 3.63) is 37.0 Å². The summed E-state index contributed by atoms with van der Waals surface area (Å²) in [5.74, 6) is -1.13. The highest BCUT2D eigenvalue weighted by Crippen LogP contribution is 2.20. The maximum atomic E-state index is 11.9. The van der Waals surface area contributed by atoms with Crippen LogP contribution in [0.1, 0.15) is 6.42 Å². The van der Waals surface area contributed by atoms with Gasteiger partial charge in [-0.05, 0) is 0 Å². The van der Waals surface area contributed by atoms with Gasteiger partial charge in [-0.1, -0.05) is 37.0 Å². The highest BCUT2D eigenvalue weighted by atomic mass is 19.4. The molecule has 6 heteroatoms. The number of hydrogen-bond donors (Lipinski definition) is 1. The van der Waals surface area contributed by atoms with Crippen LogP contribution >= 0.6 is 0 Å². The van der Waals surface area contributed by atoms with Crippen molar-refractivity contribution in [3.8, 4) is 0 Å². The van der Waals surface area contributed by atoms with Crippen LogP contribution in [-0.2, 0) is 9.53 Å². The predicted molar refractivity (Wildman–Crippen MR) is 51.7 cm³/mol. The lowest BCUT2D eigenvalue weighted by molar-refractivity contribution is -0.330. The van der Waals surface area contributed by atoms with Gasteiger partial charge in [0.25, 0.3) is 0 Å². The standard InChI is InChI=1S/C10H11F3O3/c1-2-3-5-8(16-10(11,12)13)6-4-7-9(14)15/h2-6,8H,1,7H2,(H,14,15). The summed E-state index contributed by atoms with van der Waals surface area (Å²) < 4.78 is 39.4. The highest BCUT2D eigenvalue weighted by Gasteiger charge is 2.31. The van der Waals surface area contributed by atoms with Gasteiger partial charge in [-0.15, -0.1) is 13.2 Å². The van der Waals surface area contributed by atoms with E-state index in [0.29, 0.717) is 0 Å². The monoisotopic (exact) mass is 236 g/mol. The maximum Gasteiger partial charge on any atom is 0.523 e. The molecule has 90 valence electrons. The van der Waals surface area contributed by atoms with Gasteiger partial charge in [0, 0.05) is 0 Å². The third kappa shape index (κ3) is 9.01. The molecular weight excluding hydrogens is 225 g/mol. The van der Waals surface area contributed by atoms with Crippen molar-refractivity contribution in [2.24, 2.45) is 0 Å². The Balaban J connectivity index is 4.42. The van der Waals surface area contributed by atoms with Crippen LogP contribution in [0.25, 0.3) is 0 Å². The third-order valence-corrected chi connectivity index (χ3v) is 1.32. The molecule has 0 spiro atoms. The Bertz CT molecular complexity index is 292. The van der Waals surface area contributed by atoms with Crippen molar-refractivity contribution >= 4 is 5.97 Å². The molecule has 0 fully saturated rings. The number of ether oxygens (including phenoxy) is 1. The van der Waals surface area contributed by atoms with Gasteiger partial charge in [0.15, 0.2) is 0 Å². The number of alkyl halides is 3. The van der Waals surface area contributed by atoms with E-state index >= 15 is 0 Å². The lowest BCUT2D eigenvalue weighted by Gasteiger charge is -2.12. The Morgan fingerprint density at radius 3 is 2.50 bits per heavy atom. The molecule has 0 aliphatic heterocycles. The van der Waals surface area contributed by atoms with Crippen molar-refractivity contribution in [1.82, 2.24) is 0 Å². The molecule has 0 saturated carbocycles. The van der Waals surface area contributed by atoms with E-state index in [1.54, 1.807) is 0 Å². The van der Waals surface area contributed by atoms with Crippen LogP contribution in [-0.4, -0.2) is 23.5 Å². The molecule has 16 heavy (non-hydrogen) atoms. The molecule has 0 aliphatic rings. The number of aliphatic carboxylic acids is 1. The summed E-state index contributed by atoms with van der Waals surface area (Å²) in [5, 5.41) is 8.29. The first-order valence-corrected chi connectivity index (χ1v) is 4.27. The zero-order valence-corrected chi connectivity index (χ0v) is 8.28. The SMILES string of the molecule is C=CC=CC(C=CCC(=O)O)OC(F)(F)F. The van der Waals surface area contributed by atoms with Crippen LogP contribution in [0, 0.1) is 0 Å². The predicted octanol–water partition coefficient (Wildman–Crippen LogP) is 2.66. The second-order valence-corrected chi connectivity index (χ2v) is 2.67. The van der Waals surface area contributed by atoms with Gasteiger partial charge >= 0.3 is 12.3 Å². The zero-order chi connectivity index (χ0) is 12.6. The molecule has 0 amide bonds. The van der Waals surface area contributed by atoms with Gasteiger partial charge in [0.2, 0.25) is 0 Å². The van der Waals surface area contributed by atoms with E-state index in [0.717, 1.165) is 18.2 Å². The Morgan fingerprint density at radius 2 is 2.06 bits per heavy atom. The zero-order valence-electron chi connectivity index (χ0n) is 8.28. The summed E-state index contributed by atoms with van der Waals surface area (Å²) >= 11 is 0. The molecule has 1 atom stereocenters. The fraction of sp³-hybridized carbons (Fsp3) is 0.300. The van der Waals surface area contributed by atoms with Crippen molar-refractivity contribution < 1.29 is 27.8 Å². The van der Waals surface area contributed by atoms with Crippen LogP contribution < -0.4 is 0 Å². The van der Waals surface area contributed by atoms with Gasteiger partial charge in [0.05, 0.1) is 6.42 Å². The van der Waals surface area contributed by atoms with Crippen LogP contribution in [0.2, 0.25) is 0 Å². The number of allylic oxidation sites excluding steroid dienone is 2. The largest absolute Gasteiger partial charge is 0.523 e. The smallest absolute Gasteiger partial charge is 0.481 e. The van der Waals surface area contributed by atoms with Gasteiger partial charge < -0.3 is 5.11 Å². The molecular formula is C10H11F3O3. The van der Waals surface area contributed by atoms with Gasteiger partial charge in [-0.3, -0.25) is 9.53 Å². The lowest BCUT2D eigenvalue weighted by atomic mass is 10.2. The first-order valence-electron chi connectivity index (χ1n) is 4.27. The molecule has 3 nitrogen and oxygen atoms in total. The molecule has 1 unspecified atom stereocenters. The van der Waals surface area contributed by atoms with E-state index in [1.165, 1.54) is 12.2 Å². The molecule has 0 bridgehead atoms. The summed E-state index contributed by atoms with van der Waals surface area (Å²) in [6, 6.07) is 0. The molecule has 0 rings (SSSR count). The fourth-order valence-electron chi connectivity index (χ4n) is 0.788. The normalized spacial score (nSPS) is 14.4. The number of hydrogen-bond acceptors (Lipinski definition) is 2. The number of carbonyl (C=O) groups is 1. The summed E-state index contributed by atoms with van der Waals surface area (Å²) in [6.07, 6.45) is -0.702. The molecule has 0 heterocycles. The minimum Gasteiger partial charge on any atom is -0.481 e. The Labute approximate surface area is 90.5 Å². The molecule has 0 aliphatic carbocycles. The van der Waals surface area contributed by atoms with E-state index in [2.05, 4.69) is 11.3 Å². The fourth-order valence-corrected chi connectivity index (χ4v) is 0.788. The second kappa shape index (κ2) is 6.84. The quantitative estimate of drug-likeness (QED) is 0.569. The molecule has 0 saturated heterocycles. The van der Waals surface area contributed by atoms with Crippen LogP contribution in [0.5, 0.6) is 0 Å². The summed E-state index contributed by atoms with van der Waals surface area (Å²) in [6.45, 7) is 3.30. The molecule has 0 radical (unpaired) electrons. The van der Waals surface area contributed by atoms with Crippen LogP contribution in [0.4, 0.5) is 13.2 Å². The van der Waals surface area contributed by atoms with Gasteiger partial charge in [-0.2, -0.15) is 0 Å². The minimum atomic E-state index is -4.77. The van der Waals surface area contributed by atoms with Crippen LogP contribution in [0.3, 0.4) is 0 Å². The molecule has 0 aromatic rings. The van der Waals surface area contributed by atoms with E-state index in [1.807, 2.05) is 0 Å². The first-order chi connectivity index (χ1) is 7.35. The molecule has 0 aromatic heterocycles. The topological polar surface area (TPSA) is 46.5 Å². The van der Waals surface area contributed by atoms with E-state index in [-0.39, 0.29) is 6.42 Å². The van der Waals surface area contributed by atoms with Gasteiger partial charge in [0.1, 0.15) is 6.10 Å². The minimum absolute atomic E-state index is 0.361. The maximum absolute atomic E-state index is 11.9. The molecule has 0 aromatic carbocycles. The van der Waals surface area contributed by atoms with Crippen molar-refractivity contribution in [3.63, 3.8) is 0 Å². The van der Waals surface area contributed by atoms with E-state index < -0.39 is 18.4 Å². The Hall–Kier alpha value is -1.56. The average molecular weight is 236 g/mol.